The molecule has 1 amide bonds. The Morgan fingerprint density at radius 3 is 2.29 bits per heavy atom. The number of carbonyl (C=O) groups is 1. The van der Waals surface area contributed by atoms with Gasteiger partial charge in [-0.1, -0.05) is 48.0 Å². The monoisotopic (exact) mass is 410 g/mol. The number of para-hydroxylation sites is 1. The van der Waals surface area contributed by atoms with Gasteiger partial charge in [-0.3, -0.25) is 24.9 Å². The summed E-state index contributed by atoms with van der Waals surface area (Å²) in [7, 11) is 0. The molecule has 7 heteroatoms. The van der Waals surface area contributed by atoms with Crippen LogP contribution in [0.15, 0.2) is 78.9 Å². The van der Waals surface area contributed by atoms with Crippen molar-refractivity contribution in [1.82, 2.24) is 10.2 Å². The summed E-state index contributed by atoms with van der Waals surface area (Å²) in [6, 6.07) is 23.2. The van der Waals surface area contributed by atoms with E-state index in [2.05, 4.69) is 10.2 Å². The van der Waals surface area contributed by atoms with Crippen LogP contribution in [-0.2, 0) is 0 Å². The minimum atomic E-state index is -0.458. The van der Waals surface area contributed by atoms with Crippen molar-refractivity contribution in [3.63, 3.8) is 0 Å². The molecule has 1 atom stereocenters. The molecule has 0 aliphatic carbocycles. The number of non-ortho nitro benzene ring substituents is 1. The van der Waals surface area contributed by atoms with Gasteiger partial charge in [0.25, 0.3) is 11.6 Å². The Labute approximate surface area is 178 Å². The SMILES string of the molecule is Cc1ccc(-c2n[nH]c3c2[C@H](c2ccc([N+](=O)[O-])cc2)N(c2ccccc2)C3=O)cc1. The van der Waals surface area contributed by atoms with Crippen LogP contribution >= 0.6 is 0 Å². The summed E-state index contributed by atoms with van der Waals surface area (Å²) in [5, 5.41) is 18.5. The fraction of sp³-hybridized carbons (Fsp3) is 0.0833. The maximum absolute atomic E-state index is 13.4. The third kappa shape index (κ3) is 3.07. The number of nitrogens with one attached hydrogen (secondary N) is 1. The molecule has 1 aliphatic rings. The van der Waals surface area contributed by atoms with E-state index in [1.54, 1.807) is 17.0 Å². The van der Waals surface area contributed by atoms with Crippen LogP contribution in [0.25, 0.3) is 11.3 Å². The molecule has 0 saturated heterocycles. The van der Waals surface area contributed by atoms with Crippen molar-refractivity contribution in [1.29, 1.82) is 0 Å². The van der Waals surface area contributed by atoms with Gasteiger partial charge in [0, 0.05) is 28.9 Å². The summed E-state index contributed by atoms with van der Waals surface area (Å²) in [6.07, 6.45) is 0. The number of hydrogen-bond acceptors (Lipinski definition) is 4. The van der Waals surface area contributed by atoms with E-state index in [1.165, 1.54) is 12.1 Å². The van der Waals surface area contributed by atoms with Crippen LogP contribution in [0.3, 0.4) is 0 Å². The smallest absolute Gasteiger partial charge is 0.277 e. The molecule has 1 aromatic heterocycles. The number of aromatic nitrogens is 2. The van der Waals surface area contributed by atoms with Crippen molar-refractivity contribution >= 4 is 17.3 Å². The van der Waals surface area contributed by atoms with Gasteiger partial charge in [0.1, 0.15) is 5.69 Å². The number of aromatic amines is 1. The van der Waals surface area contributed by atoms with Crippen molar-refractivity contribution in [2.45, 2.75) is 13.0 Å². The zero-order chi connectivity index (χ0) is 21.5. The summed E-state index contributed by atoms with van der Waals surface area (Å²) >= 11 is 0. The molecule has 1 aliphatic heterocycles. The normalized spacial score (nSPS) is 15.2. The van der Waals surface area contributed by atoms with Crippen molar-refractivity contribution < 1.29 is 9.72 Å². The number of benzene rings is 3. The van der Waals surface area contributed by atoms with Gasteiger partial charge in [-0.2, -0.15) is 5.10 Å². The predicted molar refractivity (Wildman–Crippen MR) is 117 cm³/mol. The topological polar surface area (TPSA) is 92.1 Å². The molecule has 1 N–H and O–H groups in total. The lowest BCUT2D eigenvalue weighted by Crippen LogP contribution is -2.29. The average Bonchev–Trinajstić information content (AvgIpc) is 3.34. The number of amides is 1. The fourth-order valence-corrected chi connectivity index (χ4v) is 4.03. The quantitative estimate of drug-likeness (QED) is 0.377. The molecule has 0 fully saturated rings. The molecular formula is C24H18N4O3. The van der Waals surface area contributed by atoms with E-state index in [1.807, 2.05) is 61.5 Å². The lowest BCUT2D eigenvalue weighted by atomic mass is 9.95. The molecular weight excluding hydrogens is 392 g/mol. The van der Waals surface area contributed by atoms with Crippen LogP contribution in [0.4, 0.5) is 11.4 Å². The standard InChI is InChI=1S/C24H18N4O3/c1-15-7-9-16(10-8-15)21-20-22(26-25-21)24(29)27(18-5-3-2-4-6-18)23(20)17-11-13-19(14-12-17)28(30)31/h2-14,23H,1H3,(H,25,26)/t23-/m0/s1. The number of anilines is 1. The lowest BCUT2D eigenvalue weighted by Gasteiger charge is -2.26. The van der Waals surface area contributed by atoms with Gasteiger partial charge in [-0.15, -0.1) is 0 Å². The van der Waals surface area contributed by atoms with Crippen LogP contribution in [0.1, 0.15) is 33.2 Å². The Morgan fingerprint density at radius 1 is 0.968 bits per heavy atom. The van der Waals surface area contributed by atoms with E-state index in [9.17, 15) is 14.9 Å². The summed E-state index contributed by atoms with van der Waals surface area (Å²) in [4.78, 5) is 25.8. The highest BCUT2D eigenvalue weighted by Gasteiger charge is 2.43. The molecule has 4 aromatic rings. The lowest BCUT2D eigenvalue weighted by molar-refractivity contribution is -0.384. The Hall–Kier alpha value is -4.26. The van der Waals surface area contributed by atoms with E-state index < -0.39 is 11.0 Å². The first kappa shape index (κ1) is 18.7. The Morgan fingerprint density at radius 2 is 1.65 bits per heavy atom. The third-order valence-electron chi connectivity index (χ3n) is 5.55. The van der Waals surface area contributed by atoms with E-state index in [4.69, 9.17) is 0 Å². The van der Waals surface area contributed by atoms with Gasteiger partial charge in [0.15, 0.2) is 0 Å². The fourth-order valence-electron chi connectivity index (χ4n) is 4.03. The van der Waals surface area contributed by atoms with Crippen LogP contribution in [0.2, 0.25) is 0 Å². The molecule has 7 nitrogen and oxygen atoms in total. The molecule has 0 spiro atoms. The highest BCUT2D eigenvalue weighted by atomic mass is 16.6. The van der Waals surface area contributed by atoms with E-state index in [-0.39, 0.29) is 11.6 Å². The van der Waals surface area contributed by atoms with Crippen molar-refractivity contribution in [3.05, 3.63) is 111 Å². The van der Waals surface area contributed by atoms with E-state index in [0.717, 1.165) is 27.9 Å². The number of aryl methyl sites for hydroxylation is 1. The zero-order valence-electron chi connectivity index (χ0n) is 16.6. The summed E-state index contributed by atoms with van der Waals surface area (Å²) < 4.78 is 0. The number of nitrogens with zero attached hydrogens (tertiary/aromatic N) is 3. The highest BCUT2D eigenvalue weighted by Crippen LogP contribution is 2.45. The largest absolute Gasteiger partial charge is 0.295 e. The zero-order valence-corrected chi connectivity index (χ0v) is 16.6. The number of H-pyrrole nitrogens is 1. The van der Waals surface area contributed by atoms with Crippen LogP contribution in [0.5, 0.6) is 0 Å². The number of rotatable bonds is 4. The van der Waals surface area contributed by atoms with E-state index >= 15 is 0 Å². The Balaban J connectivity index is 1.70. The van der Waals surface area contributed by atoms with Crippen LogP contribution in [0, 0.1) is 17.0 Å². The molecule has 5 rings (SSSR count). The number of hydrogen-bond donors (Lipinski definition) is 1. The number of nitro groups is 1. The minimum absolute atomic E-state index is 0.00510. The Kier molecular flexibility index (Phi) is 4.36. The minimum Gasteiger partial charge on any atom is -0.295 e. The van der Waals surface area contributed by atoms with Gasteiger partial charge in [0.2, 0.25) is 0 Å². The summed E-state index contributed by atoms with van der Waals surface area (Å²) in [5.74, 6) is -0.185. The molecule has 3 aromatic carbocycles. The third-order valence-corrected chi connectivity index (χ3v) is 5.55. The molecule has 0 radical (unpaired) electrons. The maximum atomic E-state index is 13.4. The van der Waals surface area contributed by atoms with Crippen LogP contribution < -0.4 is 4.90 Å². The van der Waals surface area contributed by atoms with Crippen molar-refractivity contribution in [2.24, 2.45) is 0 Å². The molecule has 2 heterocycles. The van der Waals surface area contributed by atoms with Crippen LogP contribution in [-0.4, -0.2) is 21.0 Å². The van der Waals surface area contributed by atoms with E-state index in [0.29, 0.717) is 11.4 Å². The number of fused-ring (bicyclic) bond motifs is 1. The number of carbonyl (C=O) groups excluding carboxylic acids is 1. The van der Waals surface area contributed by atoms with Gasteiger partial charge in [-0.25, -0.2) is 0 Å². The molecule has 0 bridgehead atoms. The predicted octanol–water partition coefficient (Wildman–Crippen LogP) is 5.04. The first-order valence-corrected chi connectivity index (χ1v) is 9.83. The highest BCUT2D eigenvalue weighted by molar-refractivity contribution is 6.11. The van der Waals surface area contributed by atoms with Crippen molar-refractivity contribution in [3.8, 4) is 11.3 Å². The molecule has 152 valence electrons. The summed E-state index contributed by atoms with van der Waals surface area (Å²) in [5.41, 5.74) is 5.46. The second kappa shape index (κ2) is 7.21. The molecule has 0 unspecified atom stereocenters. The average molecular weight is 410 g/mol. The molecule has 31 heavy (non-hydrogen) atoms. The van der Waals surface area contributed by atoms with Crippen molar-refractivity contribution in [2.75, 3.05) is 4.90 Å². The van der Waals surface area contributed by atoms with Gasteiger partial charge < -0.3 is 0 Å². The Bertz CT molecular complexity index is 1280. The second-order valence-corrected chi connectivity index (χ2v) is 7.49. The maximum Gasteiger partial charge on any atom is 0.277 e. The second-order valence-electron chi connectivity index (χ2n) is 7.49. The first-order chi connectivity index (χ1) is 15.0. The number of nitro benzene ring substituents is 1. The van der Waals surface area contributed by atoms with Gasteiger partial charge in [0.05, 0.1) is 16.7 Å². The first-order valence-electron chi connectivity index (χ1n) is 9.83. The summed E-state index contributed by atoms with van der Waals surface area (Å²) in [6.45, 7) is 2.01. The molecule has 0 saturated carbocycles. The van der Waals surface area contributed by atoms with Gasteiger partial charge >= 0.3 is 0 Å². The van der Waals surface area contributed by atoms with Gasteiger partial charge in [-0.05, 0) is 36.8 Å².